The van der Waals surface area contributed by atoms with E-state index >= 15 is 0 Å². The zero-order valence-electron chi connectivity index (χ0n) is 10.4. The molecule has 0 saturated carbocycles. The molecule has 1 aromatic carbocycles. The van der Waals surface area contributed by atoms with Gasteiger partial charge in [-0.3, -0.25) is 0 Å². The van der Waals surface area contributed by atoms with Gasteiger partial charge in [0.25, 0.3) is 0 Å². The zero-order chi connectivity index (χ0) is 13.0. The molecular formula is C14H15BrO2S. The van der Waals surface area contributed by atoms with Crippen LogP contribution in [0.5, 0.6) is 11.5 Å². The van der Waals surface area contributed by atoms with Crippen LogP contribution < -0.4 is 9.47 Å². The number of hydrogen-bond acceptors (Lipinski definition) is 3. The second-order valence-corrected chi connectivity index (χ2v) is 5.80. The van der Waals surface area contributed by atoms with Crippen LogP contribution >= 0.6 is 27.3 Å². The molecule has 0 radical (unpaired) electrons. The molecule has 1 heterocycles. The summed E-state index contributed by atoms with van der Waals surface area (Å²) in [5.74, 6) is 1.73. The molecule has 2 nitrogen and oxygen atoms in total. The van der Waals surface area contributed by atoms with Gasteiger partial charge in [0.15, 0.2) is 0 Å². The predicted molar refractivity (Wildman–Crippen MR) is 79.2 cm³/mol. The molecule has 0 bridgehead atoms. The van der Waals surface area contributed by atoms with E-state index in [1.54, 1.807) is 25.6 Å². The highest BCUT2D eigenvalue weighted by Gasteiger charge is 2.15. The minimum atomic E-state index is 0.220. The number of alkyl halides is 1. The van der Waals surface area contributed by atoms with Crippen LogP contribution in [0, 0.1) is 0 Å². The number of thiophene rings is 1. The van der Waals surface area contributed by atoms with Crippen LogP contribution in [-0.2, 0) is 6.42 Å². The Bertz CT molecular complexity index is 497. The smallest absolute Gasteiger partial charge is 0.123 e. The van der Waals surface area contributed by atoms with Gasteiger partial charge in [-0.05, 0) is 47.0 Å². The maximum absolute atomic E-state index is 5.40. The Kier molecular flexibility index (Phi) is 4.66. The molecule has 1 unspecified atom stereocenters. The molecule has 2 rings (SSSR count). The zero-order valence-corrected chi connectivity index (χ0v) is 12.8. The highest BCUT2D eigenvalue weighted by Crippen LogP contribution is 2.36. The summed E-state index contributed by atoms with van der Waals surface area (Å²) in [6, 6.07) is 8.01. The first-order chi connectivity index (χ1) is 8.74. The summed E-state index contributed by atoms with van der Waals surface area (Å²) in [6.45, 7) is 0. The van der Waals surface area contributed by atoms with Crippen LogP contribution in [0.3, 0.4) is 0 Å². The molecule has 4 heteroatoms. The van der Waals surface area contributed by atoms with E-state index in [9.17, 15) is 0 Å². The SMILES string of the molecule is COc1ccc(OC)c(C(Br)Cc2ccsc2)c1. The maximum atomic E-state index is 5.40. The van der Waals surface area contributed by atoms with Crippen molar-refractivity contribution >= 4 is 27.3 Å². The average Bonchev–Trinajstić information content (AvgIpc) is 2.90. The van der Waals surface area contributed by atoms with E-state index in [0.717, 1.165) is 23.5 Å². The Morgan fingerprint density at radius 3 is 2.67 bits per heavy atom. The molecule has 0 saturated heterocycles. The molecule has 18 heavy (non-hydrogen) atoms. The van der Waals surface area contributed by atoms with Gasteiger partial charge in [-0.25, -0.2) is 0 Å². The molecule has 0 spiro atoms. The van der Waals surface area contributed by atoms with Gasteiger partial charge in [-0.1, -0.05) is 15.9 Å². The van der Waals surface area contributed by atoms with Crippen molar-refractivity contribution < 1.29 is 9.47 Å². The summed E-state index contributed by atoms with van der Waals surface area (Å²) in [5.41, 5.74) is 2.44. The minimum absolute atomic E-state index is 0.220. The second kappa shape index (κ2) is 6.25. The molecule has 96 valence electrons. The fourth-order valence-electron chi connectivity index (χ4n) is 1.81. The van der Waals surface area contributed by atoms with Gasteiger partial charge < -0.3 is 9.47 Å². The van der Waals surface area contributed by atoms with Crippen molar-refractivity contribution in [2.45, 2.75) is 11.2 Å². The van der Waals surface area contributed by atoms with Crippen LogP contribution in [0.4, 0.5) is 0 Å². The molecule has 0 amide bonds. The van der Waals surface area contributed by atoms with Crippen molar-refractivity contribution in [3.63, 3.8) is 0 Å². The molecule has 2 aromatic rings. The first-order valence-electron chi connectivity index (χ1n) is 5.61. The molecule has 1 aromatic heterocycles. The lowest BCUT2D eigenvalue weighted by Crippen LogP contribution is -1.99. The Morgan fingerprint density at radius 1 is 1.22 bits per heavy atom. The van der Waals surface area contributed by atoms with E-state index in [-0.39, 0.29) is 4.83 Å². The van der Waals surface area contributed by atoms with Gasteiger partial charge in [0.1, 0.15) is 11.5 Å². The van der Waals surface area contributed by atoms with Crippen LogP contribution in [0.25, 0.3) is 0 Å². The van der Waals surface area contributed by atoms with Gasteiger partial charge in [0.2, 0.25) is 0 Å². The lowest BCUT2D eigenvalue weighted by molar-refractivity contribution is 0.398. The topological polar surface area (TPSA) is 18.5 Å². The summed E-state index contributed by atoms with van der Waals surface area (Å²) >= 11 is 5.45. The third-order valence-corrected chi connectivity index (χ3v) is 4.32. The van der Waals surface area contributed by atoms with Crippen molar-refractivity contribution in [1.29, 1.82) is 0 Å². The monoisotopic (exact) mass is 326 g/mol. The molecule has 0 fully saturated rings. The van der Waals surface area contributed by atoms with Crippen molar-refractivity contribution in [3.05, 3.63) is 46.2 Å². The normalized spacial score (nSPS) is 12.2. The first-order valence-corrected chi connectivity index (χ1v) is 7.47. The molecule has 0 aliphatic carbocycles. The second-order valence-electron chi connectivity index (χ2n) is 3.91. The number of benzene rings is 1. The number of halogens is 1. The number of methoxy groups -OCH3 is 2. The molecule has 0 aliphatic heterocycles. The highest BCUT2D eigenvalue weighted by molar-refractivity contribution is 9.09. The average molecular weight is 327 g/mol. The maximum Gasteiger partial charge on any atom is 0.123 e. The van der Waals surface area contributed by atoms with E-state index in [4.69, 9.17) is 9.47 Å². The molecule has 1 atom stereocenters. The van der Waals surface area contributed by atoms with Crippen LogP contribution in [0.1, 0.15) is 16.0 Å². The Morgan fingerprint density at radius 2 is 2.06 bits per heavy atom. The molecule has 0 aliphatic rings. The van der Waals surface area contributed by atoms with Gasteiger partial charge in [0.05, 0.1) is 14.2 Å². The number of ether oxygens (including phenoxy) is 2. The summed E-state index contributed by atoms with van der Waals surface area (Å²) in [4.78, 5) is 0.220. The summed E-state index contributed by atoms with van der Waals surface area (Å²) in [7, 11) is 3.36. The number of hydrogen-bond donors (Lipinski definition) is 0. The summed E-state index contributed by atoms with van der Waals surface area (Å²) in [5, 5.41) is 4.26. The Hall–Kier alpha value is -1.00. The van der Waals surface area contributed by atoms with Crippen molar-refractivity contribution in [1.82, 2.24) is 0 Å². The standard InChI is InChI=1S/C14H15BrO2S/c1-16-11-3-4-14(17-2)12(8-11)13(15)7-10-5-6-18-9-10/h3-6,8-9,13H,7H2,1-2H3. The lowest BCUT2D eigenvalue weighted by atomic mass is 10.1. The van der Waals surface area contributed by atoms with Crippen LogP contribution in [0.2, 0.25) is 0 Å². The molecular weight excluding hydrogens is 312 g/mol. The van der Waals surface area contributed by atoms with Crippen molar-refractivity contribution in [2.24, 2.45) is 0 Å². The van der Waals surface area contributed by atoms with Gasteiger partial charge in [-0.15, -0.1) is 0 Å². The quantitative estimate of drug-likeness (QED) is 0.756. The lowest BCUT2D eigenvalue weighted by Gasteiger charge is -2.15. The highest BCUT2D eigenvalue weighted by atomic mass is 79.9. The fraction of sp³-hybridized carbons (Fsp3) is 0.286. The summed E-state index contributed by atoms with van der Waals surface area (Å²) in [6.07, 6.45) is 0.938. The largest absolute Gasteiger partial charge is 0.497 e. The third kappa shape index (κ3) is 3.06. The van der Waals surface area contributed by atoms with E-state index in [2.05, 4.69) is 32.8 Å². The third-order valence-electron chi connectivity index (χ3n) is 2.77. The van der Waals surface area contributed by atoms with Gasteiger partial charge in [0, 0.05) is 10.4 Å². The fourth-order valence-corrected chi connectivity index (χ4v) is 3.22. The number of rotatable bonds is 5. The van der Waals surface area contributed by atoms with Crippen molar-refractivity contribution in [2.75, 3.05) is 14.2 Å². The predicted octanol–water partition coefficient (Wildman–Crippen LogP) is 4.44. The van der Waals surface area contributed by atoms with Gasteiger partial charge in [-0.2, -0.15) is 11.3 Å². The van der Waals surface area contributed by atoms with E-state index < -0.39 is 0 Å². The Balaban J connectivity index is 2.24. The minimum Gasteiger partial charge on any atom is -0.497 e. The molecule has 0 N–H and O–H groups in total. The van der Waals surface area contributed by atoms with Crippen LogP contribution in [0.15, 0.2) is 35.0 Å². The van der Waals surface area contributed by atoms with E-state index in [0.29, 0.717) is 0 Å². The summed E-state index contributed by atoms with van der Waals surface area (Å²) < 4.78 is 10.7. The van der Waals surface area contributed by atoms with E-state index in [1.807, 2.05) is 18.2 Å². The van der Waals surface area contributed by atoms with Crippen LogP contribution in [-0.4, -0.2) is 14.2 Å². The van der Waals surface area contributed by atoms with Gasteiger partial charge >= 0.3 is 0 Å². The Labute approximate surface area is 120 Å². The van der Waals surface area contributed by atoms with E-state index in [1.165, 1.54) is 5.56 Å². The first kappa shape index (κ1) is 13.4. The van der Waals surface area contributed by atoms with Crippen molar-refractivity contribution in [3.8, 4) is 11.5 Å².